The summed E-state index contributed by atoms with van der Waals surface area (Å²) in [6, 6.07) is 4.26. The molecule has 0 aliphatic carbocycles. The van der Waals surface area contributed by atoms with Gasteiger partial charge in [0.25, 0.3) is 0 Å². The zero-order chi connectivity index (χ0) is 10.0. The predicted octanol–water partition coefficient (Wildman–Crippen LogP) is 1.93. The molecule has 0 saturated heterocycles. The highest BCUT2D eigenvalue weighted by atomic mass is 79.9. The molecule has 5 nitrogen and oxygen atoms in total. The Morgan fingerprint density at radius 1 is 1.62 bits per heavy atom. The number of nitrogens with zero attached hydrogens (tertiary/aromatic N) is 2. The molecule has 0 radical (unpaired) electrons. The van der Waals surface area contributed by atoms with Crippen molar-refractivity contribution in [3.8, 4) is 11.8 Å². The Hall–Kier alpha value is -1.61. The standard InChI is InChI=1S/C7H3BrN2O3/c8-5-2-1-4(3-9)6(7(5)11)10(12)13/h1-2,11H. The Morgan fingerprint density at radius 2 is 2.23 bits per heavy atom. The van der Waals surface area contributed by atoms with E-state index in [4.69, 9.17) is 5.26 Å². The molecule has 1 aromatic carbocycles. The van der Waals surface area contributed by atoms with E-state index in [1.54, 1.807) is 6.07 Å². The molecule has 6 heteroatoms. The number of halogens is 1. The molecule has 0 bridgehead atoms. The van der Waals surface area contributed by atoms with E-state index in [0.29, 0.717) is 0 Å². The monoisotopic (exact) mass is 242 g/mol. The Labute approximate surface area is 81.5 Å². The normalized spacial score (nSPS) is 9.23. The van der Waals surface area contributed by atoms with Crippen LogP contribution in [0.5, 0.6) is 5.75 Å². The second-order valence-electron chi connectivity index (χ2n) is 2.16. The molecule has 1 N–H and O–H groups in total. The second kappa shape index (κ2) is 3.41. The van der Waals surface area contributed by atoms with Gasteiger partial charge in [-0.15, -0.1) is 0 Å². The Morgan fingerprint density at radius 3 is 2.69 bits per heavy atom. The van der Waals surface area contributed by atoms with Gasteiger partial charge in [-0.2, -0.15) is 5.26 Å². The molecular weight excluding hydrogens is 240 g/mol. The maximum Gasteiger partial charge on any atom is 0.329 e. The summed E-state index contributed by atoms with van der Waals surface area (Å²) in [4.78, 5) is 9.63. The third kappa shape index (κ3) is 1.60. The molecular formula is C7H3BrN2O3. The summed E-state index contributed by atoms with van der Waals surface area (Å²) >= 11 is 2.91. The zero-order valence-corrected chi connectivity index (χ0v) is 7.78. The Balaban J connectivity index is 3.53. The maximum absolute atomic E-state index is 10.4. The summed E-state index contributed by atoms with van der Waals surface area (Å²) in [7, 11) is 0. The number of benzene rings is 1. The average molecular weight is 243 g/mol. The van der Waals surface area contributed by atoms with Crippen molar-refractivity contribution in [2.45, 2.75) is 0 Å². The van der Waals surface area contributed by atoms with Gasteiger partial charge in [-0.05, 0) is 28.1 Å². The van der Waals surface area contributed by atoms with Crippen molar-refractivity contribution in [1.82, 2.24) is 0 Å². The second-order valence-corrected chi connectivity index (χ2v) is 3.02. The lowest BCUT2D eigenvalue weighted by atomic mass is 10.2. The quantitative estimate of drug-likeness (QED) is 0.602. The van der Waals surface area contributed by atoms with Crippen LogP contribution in [0.15, 0.2) is 16.6 Å². The number of phenolic OH excluding ortho intramolecular Hbond substituents is 1. The summed E-state index contributed by atoms with van der Waals surface area (Å²) in [5.41, 5.74) is -0.734. The SMILES string of the molecule is N#Cc1ccc(Br)c(O)c1[N+](=O)[O-]. The van der Waals surface area contributed by atoms with Crippen molar-refractivity contribution in [3.05, 3.63) is 32.3 Å². The van der Waals surface area contributed by atoms with E-state index in [1.165, 1.54) is 12.1 Å². The van der Waals surface area contributed by atoms with Crippen LogP contribution in [-0.4, -0.2) is 10.0 Å². The van der Waals surface area contributed by atoms with Crippen molar-refractivity contribution >= 4 is 21.6 Å². The van der Waals surface area contributed by atoms with Crippen LogP contribution in [0.1, 0.15) is 5.56 Å². The van der Waals surface area contributed by atoms with Crippen LogP contribution < -0.4 is 0 Å². The largest absolute Gasteiger partial charge is 0.501 e. The lowest BCUT2D eigenvalue weighted by Gasteiger charge is -1.99. The van der Waals surface area contributed by atoms with Crippen LogP contribution in [0.2, 0.25) is 0 Å². The van der Waals surface area contributed by atoms with Gasteiger partial charge < -0.3 is 5.11 Å². The fourth-order valence-electron chi connectivity index (χ4n) is 0.830. The van der Waals surface area contributed by atoms with Gasteiger partial charge in [-0.3, -0.25) is 10.1 Å². The number of aromatic hydroxyl groups is 1. The molecule has 0 unspecified atom stereocenters. The lowest BCUT2D eigenvalue weighted by molar-refractivity contribution is -0.386. The van der Waals surface area contributed by atoms with Gasteiger partial charge in [0.05, 0.1) is 9.40 Å². The summed E-state index contributed by atoms with van der Waals surface area (Å²) in [5, 5.41) is 28.2. The molecule has 0 spiro atoms. The molecule has 0 saturated carbocycles. The van der Waals surface area contributed by atoms with Gasteiger partial charge in [0.1, 0.15) is 11.6 Å². The fourth-order valence-corrected chi connectivity index (χ4v) is 1.15. The van der Waals surface area contributed by atoms with Crippen molar-refractivity contribution in [3.63, 3.8) is 0 Å². The first-order valence-corrected chi connectivity index (χ1v) is 3.93. The molecule has 1 aromatic rings. The molecule has 0 aromatic heterocycles. The topological polar surface area (TPSA) is 87.2 Å². The van der Waals surface area contributed by atoms with Gasteiger partial charge in [0.2, 0.25) is 5.75 Å². The van der Waals surface area contributed by atoms with E-state index in [0.717, 1.165) is 0 Å². The van der Waals surface area contributed by atoms with Crippen LogP contribution in [0, 0.1) is 21.4 Å². The lowest BCUT2D eigenvalue weighted by Crippen LogP contribution is -1.93. The highest BCUT2D eigenvalue weighted by Gasteiger charge is 2.21. The van der Waals surface area contributed by atoms with Crippen LogP contribution in [0.4, 0.5) is 5.69 Å². The number of nitriles is 1. The number of rotatable bonds is 1. The molecule has 0 fully saturated rings. The highest BCUT2D eigenvalue weighted by Crippen LogP contribution is 2.35. The molecule has 0 heterocycles. The third-order valence-corrected chi connectivity index (χ3v) is 2.04. The summed E-state index contributed by atoms with van der Waals surface area (Å²) in [6.45, 7) is 0. The summed E-state index contributed by atoms with van der Waals surface area (Å²) in [6.07, 6.45) is 0. The minimum absolute atomic E-state index is 0.161. The van der Waals surface area contributed by atoms with Gasteiger partial charge >= 0.3 is 5.69 Å². The number of hydrogen-bond donors (Lipinski definition) is 1. The Kier molecular flexibility index (Phi) is 2.49. The summed E-state index contributed by atoms with van der Waals surface area (Å²) < 4.78 is 0.193. The van der Waals surface area contributed by atoms with Crippen LogP contribution in [0.25, 0.3) is 0 Å². The minimum Gasteiger partial charge on any atom is -0.501 e. The van der Waals surface area contributed by atoms with Crippen molar-refractivity contribution < 1.29 is 10.0 Å². The molecule has 0 aliphatic rings. The smallest absolute Gasteiger partial charge is 0.329 e. The van der Waals surface area contributed by atoms with Crippen LogP contribution in [-0.2, 0) is 0 Å². The number of nitro groups is 1. The van der Waals surface area contributed by atoms with E-state index in [-0.39, 0.29) is 10.0 Å². The molecule has 0 aliphatic heterocycles. The first-order valence-electron chi connectivity index (χ1n) is 3.14. The van der Waals surface area contributed by atoms with Gasteiger partial charge in [-0.25, -0.2) is 0 Å². The van der Waals surface area contributed by atoms with Crippen LogP contribution >= 0.6 is 15.9 Å². The first kappa shape index (κ1) is 9.48. The van der Waals surface area contributed by atoms with E-state index in [1.807, 2.05) is 0 Å². The average Bonchev–Trinajstić information content (AvgIpc) is 2.08. The minimum atomic E-state index is -0.793. The third-order valence-electron chi connectivity index (χ3n) is 1.40. The van der Waals surface area contributed by atoms with Gasteiger partial charge in [0, 0.05) is 0 Å². The molecule has 0 amide bonds. The predicted molar refractivity (Wildman–Crippen MR) is 47.2 cm³/mol. The van der Waals surface area contributed by atoms with Crippen molar-refractivity contribution in [2.24, 2.45) is 0 Å². The van der Waals surface area contributed by atoms with Gasteiger partial charge in [-0.1, -0.05) is 0 Å². The Bertz CT molecular complexity index is 411. The number of phenols is 1. The molecule has 66 valence electrons. The first-order chi connectivity index (χ1) is 6.07. The van der Waals surface area contributed by atoms with E-state index < -0.39 is 16.4 Å². The van der Waals surface area contributed by atoms with Crippen LogP contribution in [0.3, 0.4) is 0 Å². The highest BCUT2D eigenvalue weighted by molar-refractivity contribution is 9.10. The van der Waals surface area contributed by atoms with Crippen molar-refractivity contribution in [1.29, 1.82) is 5.26 Å². The maximum atomic E-state index is 10.4. The fraction of sp³-hybridized carbons (Fsp3) is 0. The molecule has 0 atom stereocenters. The van der Waals surface area contributed by atoms with E-state index in [2.05, 4.69) is 15.9 Å². The summed E-state index contributed by atoms with van der Waals surface area (Å²) in [5.74, 6) is -0.524. The van der Waals surface area contributed by atoms with Crippen molar-refractivity contribution in [2.75, 3.05) is 0 Å². The number of hydrogen-bond acceptors (Lipinski definition) is 4. The number of nitro benzene ring substituents is 1. The molecule has 13 heavy (non-hydrogen) atoms. The molecule has 1 rings (SSSR count). The van der Waals surface area contributed by atoms with Gasteiger partial charge in [0.15, 0.2) is 0 Å². The van der Waals surface area contributed by atoms with E-state index in [9.17, 15) is 15.2 Å². The zero-order valence-electron chi connectivity index (χ0n) is 6.19. The van der Waals surface area contributed by atoms with E-state index >= 15 is 0 Å².